The van der Waals surface area contributed by atoms with Gasteiger partial charge in [-0.25, -0.2) is 4.79 Å². The molecular formula is C26H35NO6. The summed E-state index contributed by atoms with van der Waals surface area (Å²) in [6, 6.07) is 3.51. The van der Waals surface area contributed by atoms with Gasteiger partial charge in [0.2, 0.25) is 0 Å². The molecule has 1 aromatic carbocycles. The Balaban J connectivity index is 2.25. The minimum atomic E-state index is -0.640. The molecule has 0 saturated carbocycles. The number of allylic oxidation sites excluding steroid dienone is 3. The average Bonchev–Trinajstić information content (AvgIpc) is 2.74. The molecule has 7 heteroatoms. The normalized spacial score (nSPS) is 19.8. The van der Waals surface area contributed by atoms with Crippen molar-refractivity contribution in [1.82, 2.24) is 5.32 Å². The fourth-order valence-corrected chi connectivity index (χ4v) is 4.62. The van der Waals surface area contributed by atoms with Crippen molar-refractivity contribution in [2.45, 2.75) is 53.4 Å². The van der Waals surface area contributed by atoms with Crippen LogP contribution in [0, 0.1) is 11.3 Å². The Labute approximate surface area is 196 Å². The van der Waals surface area contributed by atoms with Gasteiger partial charge in [-0.15, -0.1) is 0 Å². The molecule has 3 rings (SSSR count). The Bertz CT molecular complexity index is 1020. The molecule has 1 aliphatic carbocycles. The van der Waals surface area contributed by atoms with Crippen molar-refractivity contribution in [3.05, 3.63) is 40.2 Å². The van der Waals surface area contributed by atoms with E-state index in [1.807, 2.05) is 20.8 Å². The van der Waals surface area contributed by atoms with E-state index in [-0.39, 0.29) is 23.7 Å². The second-order valence-electron chi connectivity index (χ2n) is 9.87. The number of methoxy groups -OCH3 is 3. The van der Waals surface area contributed by atoms with Crippen molar-refractivity contribution >= 4 is 11.8 Å². The first-order valence-corrected chi connectivity index (χ1v) is 11.2. The fraction of sp³-hybridized carbons (Fsp3) is 0.538. The zero-order valence-corrected chi connectivity index (χ0v) is 20.9. The van der Waals surface area contributed by atoms with Gasteiger partial charge in [-0.2, -0.15) is 0 Å². The summed E-state index contributed by atoms with van der Waals surface area (Å²) in [6.45, 7) is 10.3. The van der Waals surface area contributed by atoms with Gasteiger partial charge in [0.1, 0.15) is 5.75 Å². The lowest BCUT2D eigenvalue weighted by Crippen LogP contribution is -2.39. The Hall–Kier alpha value is -2.96. The van der Waals surface area contributed by atoms with Crippen LogP contribution in [0.5, 0.6) is 17.2 Å². The third-order valence-corrected chi connectivity index (χ3v) is 6.05. The minimum Gasteiger partial charge on any atom is -0.496 e. The molecule has 0 radical (unpaired) electrons. The van der Waals surface area contributed by atoms with Gasteiger partial charge in [0.25, 0.3) is 0 Å². The molecule has 1 N–H and O–H groups in total. The van der Waals surface area contributed by atoms with Gasteiger partial charge in [0.15, 0.2) is 17.3 Å². The topological polar surface area (TPSA) is 83.1 Å². The molecule has 180 valence electrons. The summed E-state index contributed by atoms with van der Waals surface area (Å²) in [5, 5.41) is 3.35. The summed E-state index contributed by atoms with van der Waals surface area (Å²) in [6.07, 6.45) is 1.10. The van der Waals surface area contributed by atoms with E-state index in [9.17, 15) is 9.59 Å². The fourth-order valence-electron chi connectivity index (χ4n) is 4.62. The van der Waals surface area contributed by atoms with Crippen LogP contribution >= 0.6 is 0 Å². The first-order chi connectivity index (χ1) is 15.5. The molecule has 0 saturated heterocycles. The molecule has 1 heterocycles. The summed E-state index contributed by atoms with van der Waals surface area (Å²) in [7, 11) is 4.66. The van der Waals surface area contributed by atoms with Crippen LogP contribution in [0.4, 0.5) is 0 Å². The van der Waals surface area contributed by atoms with E-state index < -0.39 is 11.9 Å². The molecule has 0 bridgehead atoms. The zero-order chi connectivity index (χ0) is 24.5. The highest BCUT2D eigenvalue weighted by atomic mass is 16.5. The first kappa shape index (κ1) is 24.7. The van der Waals surface area contributed by atoms with Gasteiger partial charge in [0, 0.05) is 35.0 Å². The summed E-state index contributed by atoms with van der Waals surface area (Å²) in [4.78, 5) is 26.8. The van der Waals surface area contributed by atoms with Gasteiger partial charge in [0.05, 0.1) is 39.4 Å². The molecular weight excluding hydrogens is 422 g/mol. The van der Waals surface area contributed by atoms with Crippen LogP contribution < -0.4 is 19.5 Å². The molecule has 1 atom stereocenters. The number of esters is 1. The number of rotatable bonds is 7. The monoisotopic (exact) mass is 457 g/mol. The molecule has 1 aliphatic heterocycles. The predicted octanol–water partition coefficient (Wildman–Crippen LogP) is 4.52. The van der Waals surface area contributed by atoms with Crippen molar-refractivity contribution in [3.63, 3.8) is 0 Å². The van der Waals surface area contributed by atoms with E-state index in [1.165, 1.54) is 0 Å². The van der Waals surface area contributed by atoms with E-state index in [2.05, 4.69) is 19.2 Å². The summed E-state index contributed by atoms with van der Waals surface area (Å²) in [5.74, 6) is 0.613. The lowest BCUT2D eigenvalue weighted by Gasteiger charge is -2.39. The summed E-state index contributed by atoms with van der Waals surface area (Å²) in [5.41, 5.74) is 3.00. The quantitative estimate of drug-likeness (QED) is 0.603. The van der Waals surface area contributed by atoms with Crippen molar-refractivity contribution in [3.8, 4) is 17.2 Å². The molecule has 33 heavy (non-hydrogen) atoms. The van der Waals surface area contributed by atoms with Crippen LogP contribution in [0.15, 0.2) is 34.7 Å². The van der Waals surface area contributed by atoms with Gasteiger partial charge in [-0.1, -0.05) is 27.7 Å². The number of hydrogen-bond acceptors (Lipinski definition) is 7. The van der Waals surface area contributed by atoms with Crippen LogP contribution in [0.2, 0.25) is 0 Å². The van der Waals surface area contributed by atoms with Crippen LogP contribution in [0.1, 0.15) is 58.9 Å². The number of carbonyl (C=O) groups excluding carboxylic acids is 2. The summed E-state index contributed by atoms with van der Waals surface area (Å²) >= 11 is 0. The Morgan fingerprint density at radius 3 is 2.24 bits per heavy atom. The van der Waals surface area contributed by atoms with Gasteiger partial charge in [-0.3, -0.25) is 4.79 Å². The third kappa shape index (κ3) is 4.87. The van der Waals surface area contributed by atoms with Crippen LogP contribution in [-0.4, -0.2) is 39.7 Å². The van der Waals surface area contributed by atoms with Gasteiger partial charge in [-0.05, 0) is 30.7 Å². The van der Waals surface area contributed by atoms with E-state index in [0.29, 0.717) is 52.5 Å². The van der Waals surface area contributed by atoms with Crippen LogP contribution in [-0.2, 0) is 14.3 Å². The second kappa shape index (κ2) is 9.49. The van der Waals surface area contributed by atoms with E-state index >= 15 is 0 Å². The number of hydrogen-bond donors (Lipinski definition) is 1. The maximum atomic E-state index is 13.5. The average molecular weight is 458 g/mol. The highest BCUT2D eigenvalue weighted by Crippen LogP contribution is 2.50. The van der Waals surface area contributed by atoms with E-state index in [0.717, 1.165) is 5.70 Å². The maximum Gasteiger partial charge on any atom is 0.336 e. The molecule has 7 nitrogen and oxygen atoms in total. The number of Topliss-reactive ketones (excluding diaryl/α,β-unsaturated/α-hetero) is 1. The van der Waals surface area contributed by atoms with Crippen LogP contribution in [0.3, 0.4) is 0 Å². The Morgan fingerprint density at radius 1 is 1.06 bits per heavy atom. The second-order valence-corrected chi connectivity index (χ2v) is 9.87. The smallest absolute Gasteiger partial charge is 0.336 e. The number of ether oxygens (including phenoxy) is 4. The van der Waals surface area contributed by atoms with Gasteiger partial charge < -0.3 is 24.3 Å². The number of ketones is 1. The van der Waals surface area contributed by atoms with Crippen molar-refractivity contribution < 1.29 is 28.5 Å². The largest absolute Gasteiger partial charge is 0.496 e. The van der Waals surface area contributed by atoms with Crippen molar-refractivity contribution in [2.75, 3.05) is 27.9 Å². The van der Waals surface area contributed by atoms with Crippen molar-refractivity contribution in [1.29, 1.82) is 0 Å². The molecule has 0 fully saturated rings. The van der Waals surface area contributed by atoms with Crippen molar-refractivity contribution in [2.24, 2.45) is 11.3 Å². The van der Waals surface area contributed by atoms with Crippen LogP contribution in [0.25, 0.3) is 0 Å². The highest BCUT2D eigenvalue weighted by molar-refractivity contribution is 6.04. The maximum absolute atomic E-state index is 13.5. The lowest BCUT2D eigenvalue weighted by molar-refractivity contribution is -0.140. The lowest BCUT2D eigenvalue weighted by atomic mass is 9.68. The standard InChI is InChI=1S/C26H35NO6/c1-14(2)13-33-25(29)22-15(3)27-17-11-26(4,5)12-18(28)24(17)23(22)16-9-20(31-7)21(32-8)10-19(16)30-6/h9-10,14,23,27H,11-13H2,1-8H3. The molecule has 0 aromatic heterocycles. The first-order valence-electron chi connectivity index (χ1n) is 11.2. The minimum absolute atomic E-state index is 0.0113. The van der Waals surface area contributed by atoms with Gasteiger partial charge >= 0.3 is 5.97 Å². The number of carbonyl (C=O) groups is 2. The zero-order valence-electron chi connectivity index (χ0n) is 20.9. The Kier molecular flexibility index (Phi) is 7.10. The number of dihydropyridines is 1. The molecule has 1 unspecified atom stereocenters. The Morgan fingerprint density at radius 2 is 1.67 bits per heavy atom. The third-order valence-electron chi connectivity index (χ3n) is 6.05. The van der Waals surface area contributed by atoms with E-state index in [4.69, 9.17) is 18.9 Å². The molecule has 1 aromatic rings. The SMILES string of the molecule is COc1cc(OC)c(C2C(C(=O)OCC(C)C)=C(C)NC3=C2C(=O)CC(C)(C)C3)cc1OC. The van der Waals surface area contributed by atoms with E-state index in [1.54, 1.807) is 33.5 Å². The summed E-state index contributed by atoms with van der Waals surface area (Å²) < 4.78 is 22.3. The predicted molar refractivity (Wildman–Crippen MR) is 126 cm³/mol. The molecule has 0 amide bonds. The number of benzene rings is 1. The number of nitrogens with one attached hydrogen (secondary N) is 1. The molecule has 0 spiro atoms. The highest BCUT2D eigenvalue weighted by Gasteiger charge is 2.44. The molecule has 2 aliphatic rings.